The van der Waals surface area contributed by atoms with E-state index in [1.807, 2.05) is 19.4 Å². The summed E-state index contributed by atoms with van der Waals surface area (Å²) in [6.45, 7) is 1.19. The highest BCUT2D eigenvalue weighted by Crippen LogP contribution is 2.32. The molecule has 138 valence electrons. The van der Waals surface area contributed by atoms with Crippen LogP contribution >= 0.6 is 0 Å². The molecule has 3 heterocycles. The fourth-order valence-corrected chi connectivity index (χ4v) is 4.09. The predicted octanol–water partition coefficient (Wildman–Crippen LogP) is 1.93. The first kappa shape index (κ1) is 17.0. The molecule has 2 atom stereocenters. The third kappa shape index (κ3) is 3.31. The molecule has 1 saturated heterocycles. The third-order valence-electron chi connectivity index (χ3n) is 5.54. The van der Waals surface area contributed by atoms with Crippen molar-refractivity contribution in [1.29, 1.82) is 0 Å². The SMILES string of the molecule is Cn1cc([C@@H]2CN(C(=O)Nc3cnc4c(c3)CCCC4)C[C@H]2CO)cn1. The second-order valence-corrected chi connectivity index (χ2v) is 7.37. The summed E-state index contributed by atoms with van der Waals surface area (Å²) in [5.74, 6) is 0.146. The maximum atomic E-state index is 12.7. The van der Waals surface area contributed by atoms with Crippen LogP contribution in [0.15, 0.2) is 24.7 Å². The number of aromatic nitrogens is 3. The Morgan fingerprint density at radius 2 is 2.15 bits per heavy atom. The van der Waals surface area contributed by atoms with E-state index >= 15 is 0 Å². The molecule has 0 unspecified atom stereocenters. The lowest BCUT2D eigenvalue weighted by atomic mass is 9.92. The van der Waals surface area contributed by atoms with Crippen LogP contribution in [0, 0.1) is 5.92 Å². The van der Waals surface area contributed by atoms with Crippen LogP contribution < -0.4 is 5.32 Å². The van der Waals surface area contributed by atoms with Gasteiger partial charge in [0.1, 0.15) is 0 Å². The highest BCUT2D eigenvalue weighted by Gasteiger charge is 2.36. The summed E-state index contributed by atoms with van der Waals surface area (Å²) in [5.41, 5.74) is 4.22. The van der Waals surface area contributed by atoms with Gasteiger partial charge in [-0.1, -0.05) is 0 Å². The number of fused-ring (bicyclic) bond motifs is 1. The van der Waals surface area contributed by atoms with Gasteiger partial charge in [0, 0.05) is 50.5 Å². The molecule has 2 N–H and O–H groups in total. The van der Waals surface area contributed by atoms with Gasteiger partial charge in [-0.3, -0.25) is 9.67 Å². The second-order valence-electron chi connectivity index (χ2n) is 7.37. The van der Waals surface area contributed by atoms with E-state index in [0.29, 0.717) is 13.1 Å². The highest BCUT2D eigenvalue weighted by atomic mass is 16.3. The molecule has 1 fully saturated rings. The number of hydrogen-bond acceptors (Lipinski definition) is 4. The van der Waals surface area contributed by atoms with Crippen molar-refractivity contribution in [2.75, 3.05) is 25.0 Å². The van der Waals surface area contributed by atoms with Crippen molar-refractivity contribution < 1.29 is 9.90 Å². The molecule has 2 amide bonds. The molecule has 0 bridgehead atoms. The van der Waals surface area contributed by atoms with Gasteiger partial charge >= 0.3 is 6.03 Å². The molecule has 7 nitrogen and oxygen atoms in total. The van der Waals surface area contributed by atoms with Gasteiger partial charge in [-0.15, -0.1) is 0 Å². The molecule has 2 aromatic heterocycles. The number of hydrogen-bond donors (Lipinski definition) is 2. The number of likely N-dealkylation sites (tertiary alicyclic amines) is 1. The van der Waals surface area contributed by atoms with E-state index in [9.17, 15) is 9.90 Å². The van der Waals surface area contributed by atoms with Gasteiger partial charge in [-0.2, -0.15) is 5.10 Å². The van der Waals surface area contributed by atoms with Crippen LogP contribution in [0.25, 0.3) is 0 Å². The van der Waals surface area contributed by atoms with Crippen molar-refractivity contribution in [2.45, 2.75) is 31.6 Å². The number of rotatable bonds is 3. The summed E-state index contributed by atoms with van der Waals surface area (Å²) >= 11 is 0. The zero-order chi connectivity index (χ0) is 18.1. The minimum atomic E-state index is -0.132. The van der Waals surface area contributed by atoms with Crippen LogP contribution in [0.3, 0.4) is 0 Å². The number of amides is 2. The summed E-state index contributed by atoms with van der Waals surface area (Å²) < 4.78 is 1.76. The van der Waals surface area contributed by atoms with E-state index in [1.165, 1.54) is 18.4 Å². The van der Waals surface area contributed by atoms with E-state index in [2.05, 4.69) is 21.5 Å². The van der Waals surface area contributed by atoms with Crippen LogP contribution in [0.1, 0.15) is 35.6 Å². The van der Waals surface area contributed by atoms with Crippen LogP contribution in [-0.4, -0.2) is 50.5 Å². The van der Waals surface area contributed by atoms with Crippen LogP contribution in [-0.2, 0) is 19.9 Å². The molecule has 0 saturated carbocycles. The Hall–Kier alpha value is -2.41. The first-order valence-electron chi connectivity index (χ1n) is 9.27. The Morgan fingerprint density at radius 1 is 1.31 bits per heavy atom. The number of aliphatic hydroxyl groups is 1. The van der Waals surface area contributed by atoms with Crippen molar-refractivity contribution in [3.8, 4) is 0 Å². The van der Waals surface area contributed by atoms with Crippen LogP contribution in [0.4, 0.5) is 10.5 Å². The van der Waals surface area contributed by atoms with Gasteiger partial charge in [0.25, 0.3) is 0 Å². The summed E-state index contributed by atoms with van der Waals surface area (Å²) in [4.78, 5) is 19.0. The third-order valence-corrected chi connectivity index (χ3v) is 5.54. The lowest BCUT2D eigenvalue weighted by molar-refractivity contribution is 0.206. The molecule has 26 heavy (non-hydrogen) atoms. The molecule has 2 aliphatic rings. The quantitative estimate of drug-likeness (QED) is 0.881. The number of aryl methyl sites for hydroxylation is 3. The highest BCUT2D eigenvalue weighted by molar-refractivity contribution is 5.89. The largest absolute Gasteiger partial charge is 0.396 e. The van der Waals surface area contributed by atoms with E-state index in [-0.39, 0.29) is 24.5 Å². The zero-order valence-electron chi connectivity index (χ0n) is 15.1. The van der Waals surface area contributed by atoms with Gasteiger partial charge in [0.2, 0.25) is 0 Å². The molecule has 0 aromatic carbocycles. The Kier molecular flexibility index (Phi) is 4.63. The smallest absolute Gasteiger partial charge is 0.321 e. The van der Waals surface area contributed by atoms with Gasteiger partial charge in [-0.25, -0.2) is 4.79 Å². The molecule has 4 rings (SSSR count). The summed E-state index contributed by atoms with van der Waals surface area (Å²) in [5, 5.41) is 16.9. The molecular weight excluding hydrogens is 330 g/mol. The number of nitrogens with zero attached hydrogens (tertiary/aromatic N) is 4. The van der Waals surface area contributed by atoms with E-state index in [1.54, 1.807) is 15.8 Å². The van der Waals surface area contributed by atoms with Gasteiger partial charge in [-0.05, 0) is 42.9 Å². The number of aliphatic hydroxyl groups excluding tert-OH is 1. The van der Waals surface area contributed by atoms with Gasteiger partial charge in [0.15, 0.2) is 0 Å². The molecule has 2 aromatic rings. The van der Waals surface area contributed by atoms with Crippen molar-refractivity contribution in [3.05, 3.63) is 41.5 Å². The van der Waals surface area contributed by atoms with E-state index < -0.39 is 0 Å². The molecule has 7 heteroatoms. The molecule has 1 aliphatic carbocycles. The van der Waals surface area contributed by atoms with Crippen molar-refractivity contribution in [1.82, 2.24) is 19.7 Å². The number of pyridine rings is 1. The Morgan fingerprint density at radius 3 is 2.92 bits per heavy atom. The van der Waals surface area contributed by atoms with Crippen LogP contribution in [0.5, 0.6) is 0 Å². The van der Waals surface area contributed by atoms with Gasteiger partial charge < -0.3 is 15.3 Å². The second kappa shape index (κ2) is 7.07. The number of nitrogens with one attached hydrogen (secondary N) is 1. The maximum absolute atomic E-state index is 12.7. The van der Waals surface area contributed by atoms with Crippen molar-refractivity contribution >= 4 is 11.7 Å². The average molecular weight is 355 g/mol. The first-order valence-corrected chi connectivity index (χ1v) is 9.27. The number of anilines is 1. The molecule has 0 radical (unpaired) electrons. The lowest BCUT2D eigenvalue weighted by Crippen LogP contribution is -2.33. The molecule has 1 aliphatic heterocycles. The number of urea groups is 1. The van der Waals surface area contributed by atoms with E-state index in [0.717, 1.165) is 29.8 Å². The standard InChI is InChI=1S/C19H25N5O2/c1-23-9-14(7-21-23)17-11-24(10-15(17)12-25)19(26)22-16-6-13-4-2-3-5-18(13)20-8-16/h6-9,15,17,25H,2-5,10-12H2,1H3,(H,22,26)/t15-,17-/m0/s1. The normalized spacial score (nSPS) is 22.3. The summed E-state index contributed by atoms with van der Waals surface area (Å²) in [6.07, 6.45) is 9.97. The van der Waals surface area contributed by atoms with Crippen molar-refractivity contribution in [3.63, 3.8) is 0 Å². The lowest BCUT2D eigenvalue weighted by Gasteiger charge is -2.19. The Labute approximate surface area is 153 Å². The summed E-state index contributed by atoms with van der Waals surface area (Å²) in [6, 6.07) is 1.92. The number of carbonyl (C=O) groups excluding carboxylic acids is 1. The topological polar surface area (TPSA) is 83.3 Å². The fraction of sp³-hybridized carbons (Fsp3) is 0.526. The zero-order valence-corrected chi connectivity index (χ0v) is 15.1. The minimum absolute atomic E-state index is 0.0339. The average Bonchev–Trinajstić information content (AvgIpc) is 3.27. The minimum Gasteiger partial charge on any atom is -0.396 e. The molecule has 0 spiro atoms. The maximum Gasteiger partial charge on any atom is 0.321 e. The van der Waals surface area contributed by atoms with Crippen molar-refractivity contribution in [2.24, 2.45) is 13.0 Å². The fourth-order valence-electron chi connectivity index (χ4n) is 4.09. The summed E-state index contributed by atoms with van der Waals surface area (Å²) in [7, 11) is 1.87. The van der Waals surface area contributed by atoms with E-state index in [4.69, 9.17) is 0 Å². The Bertz CT molecular complexity index is 803. The number of carbonyl (C=O) groups is 1. The van der Waals surface area contributed by atoms with Crippen LogP contribution in [0.2, 0.25) is 0 Å². The monoisotopic (exact) mass is 355 g/mol. The van der Waals surface area contributed by atoms with Gasteiger partial charge in [0.05, 0.1) is 18.1 Å². The predicted molar refractivity (Wildman–Crippen MR) is 98.0 cm³/mol. The first-order chi connectivity index (χ1) is 12.6. The Balaban J connectivity index is 1.45. The molecular formula is C19H25N5O2.